The van der Waals surface area contributed by atoms with E-state index in [4.69, 9.17) is 0 Å². The zero-order chi connectivity index (χ0) is 6.53. The molecule has 2 heteroatoms. The van der Waals surface area contributed by atoms with Gasteiger partial charge in [0, 0.05) is 6.54 Å². The van der Waals surface area contributed by atoms with Crippen molar-refractivity contribution in [1.82, 2.24) is 0 Å². The van der Waals surface area contributed by atoms with Crippen molar-refractivity contribution < 1.29 is 0 Å². The molecule has 50 valence electrons. The maximum atomic E-state index is 4.44. The van der Waals surface area contributed by atoms with Crippen molar-refractivity contribution in [3.05, 3.63) is 0 Å². The summed E-state index contributed by atoms with van der Waals surface area (Å²) < 4.78 is 0. The lowest BCUT2D eigenvalue weighted by molar-refractivity contribution is 0.301. The monoisotopic (exact) mass is 141 g/mol. The Bertz CT molecular complexity index is 123. The molecule has 0 radical (unpaired) electrons. The summed E-state index contributed by atoms with van der Waals surface area (Å²) in [4.78, 5) is 3.86. The summed E-state index contributed by atoms with van der Waals surface area (Å²) in [5.74, 6) is 0.956. The van der Waals surface area contributed by atoms with Gasteiger partial charge >= 0.3 is 0 Å². The standard InChI is InChI=1S/C7H11NS/c9-6-8-5-4-7-2-1-3-7/h7H,1-5H2. The SMILES string of the molecule is S=C=NCCC1CCC1. The van der Waals surface area contributed by atoms with Crippen LogP contribution in [0.5, 0.6) is 0 Å². The van der Waals surface area contributed by atoms with E-state index in [0.29, 0.717) is 0 Å². The molecule has 1 rings (SSSR count). The van der Waals surface area contributed by atoms with Crippen molar-refractivity contribution in [3.63, 3.8) is 0 Å². The molecule has 0 unspecified atom stereocenters. The van der Waals surface area contributed by atoms with Gasteiger partial charge in [-0.3, -0.25) is 0 Å². The molecule has 0 amide bonds. The van der Waals surface area contributed by atoms with E-state index in [1.807, 2.05) is 0 Å². The third kappa shape index (κ3) is 2.25. The Morgan fingerprint density at radius 3 is 2.78 bits per heavy atom. The van der Waals surface area contributed by atoms with Crippen molar-refractivity contribution in [2.24, 2.45) is 10.9 Å². The summed E-state index contributed by atoms with van der Waals surface area (Å²) in [6, 6.07) is 0. The highest BCUT2D eigenvalue weighted by atomic mass is 32.1. The predicted octanol–water partition coefficient (Wildman–Crippen LogP) is 2.28. The van der Waals surface area contributed by atoms with Gasteiger partial charge in [0.2, 0.25) is 0 Å². The molecule has 1 nitrogen and oxygen atoms in total. The second-order valence-electron chi connectivity index (χ2n) is 2.56. The van der Waals surface area contributed by atoms with Gasteiger partial charge in [-0.15, -0.1) is 0 Å². The Labute approximate surface area is 61.2 Å². The molecule has 0 spiro atoms. The van der Waals surface area contributed by atoms with Crippen LogP contribution in [0.15, 0.2) is 4.99 Å². The van der Waals surface area contributed by atoms with Crippen LogP contribution in [0.3, 0.4) is 0 Å². The highest BCUT2D eigenvalue weighted by molar-refractivity contribution is 7.78. The Morgan fingerprint density at radius 2 is 2.33 bits per heavy atom. The summed E-state index contributed by atoms with van der Waals surface area (Å²) in [5.41, 5.74) is 0. The van der Waals surface area contributed by atoms with Crippen molar-refractivity contribution in [2.75, 3.05) is 6.54 Å². The summed E-state index contributed by atoms with van der Waals surface area (Å²) in [6.45, 7) is 0.897. The van der Waals surface area contributed by atoms with Gasteiger partial charge in [0.1, 0.15) is 0 Å². The van der Waals surface area contributed by atoms with Gasteiger partial charge in [0.25, 0.3) is 0 Å². The molecule has 0 heterocycles. The molecule has 0 aromatic carbocycles. The summed E-state index contributed by atoms with van der Waals surface area (Å²) in [5, 5.41) is 2.38. The van der Waals surface area contributed by atoms with Gasteiger partial charge < -0.3 is 0 Å². The largest absolute Gasteiger partial charge is 0.233 e. The second-order valence-corrected chi connectivity index (χ2v) is 2.74. The molecule has 1 saturated carbocycles. The first kappa shape index (κ1) is 6.91. The minimum Gasteiger partial charge on any atom is -0.233 e. The van der Waals surface area contributed by atoms with E-state index in [1.54, 1.807) is 0 Å². The van der Waals surface area contributed by atoms with Crippen molar-refractivity contribution >= 4 is 17.4 Å². The molecule has 0 atom stereocenters. The number of rotatable bonds is 3. The van der Waals surface area contributed by atoms with E-state index < -0.39 is 0 Å². The van der Waals surface area contributed by atoms with Gasteiger partial charge in [0.05, 0.1) is 5.16 Å². The van der Waals surface area contributed by atoms with Crippen LogP contribution in [0.25, 0.3) is 0 Å². The molecular weight excluding hydrogens is 130 g/mol. The van der Waals surface area contributed by atoms with Crippen LogP contribution < -0.4 is 0 Å². The van der Waals surface area contributed by atoms with E-state index in [0.717, 1.165) is 12.5 Å². The minimum absolute atomic E-state index is 0.897. The molecule has 0 saturated heterocycles. The predicted molar refractivity (Wildman–Crippen MR) is 41.9 cm³/mol. The number of hydrogen-bond acceptors (Lipinski definition) is 2. The quantitative estimate of drug-likeness (QED) is 0.434. The van der Waals surface area contributed by atoms with Crippen LogP contribution in [-0.2, 0) is 0 Å². The average Bonchev–Trinajstić information content (AvgIpc) is 1.76. The lowest BCUT2D eigenvalue weighted by Gasteiger charge is -2.23. The molecule has 0 N–H and O–H groups in total. The normalized spacial score (nSPS) is 18.2. The van der Waals surface area contributed by atoms with E-state index in [-0.39, 0.29) is 0 Å². The number of nitrogens with zero attached hydrogens (tertiary/aromatic N) is 1. The smallest absolute Gasteiger partial charge is 0.0584 e. The first-order valence-electron chi connectivity index (χ1n) is 3.47. The fraction of sp³-hybridized carbons (Fsp3) is 0.857. The second kappa shape index (κ2) is 3.76. The summed E-state index contributed by atoms with van der Waals surface area (Å²) >= 11 is 4.44. The van der Waals surface area contributed by atoms with Crippen LogP contribution in [0, 0.1) is 5.92 Å². The zero-order valence-corrected chi connectivity index (χ0v) is 6.28. The topological polar surface area (TPSA) is 12.4 Å². The summed E-state index contributed by atoms with van der Waals surface area (Å²) in [6.07, 6.45) is 5.47. The van der Waals surface area contributed by atoms with Crippen molar-refractivity contribution in [3.8, 4) is 0 Å². The Balaban J connectivity index is 1.97. The van der Waals surface area contributed by atoms with Gasteiger partial charge in [-0.25, -0.2) is 4.99 Å². The van der Waals surface area contributed by atoms with Crippen LogP contribution in [0.1, 0.15) is 25.7 Å². The lowest BCUT2D eigenvalue weighted by Crippen LogP contribution is -2.11. The van der Waals surface area contributed by atoms with E-state index in [9.17, 15) is 0 Å². The van der Waals surface area contributed by atoms with Gasteiger partial charge in [-0.1, -0.05) is 19.3 Å². The number of isothiocyanates is 1. The molecule has 1 aliphatic rings. The Hall–Kier alpha value is -0.200. The van der Waals surface area contributed by atoms with E-state index in [2.05, 4.69) is 22.4 Å². The molecule has 9 heavy (non-hydrogen) atoms. The third-order valence-electron chi connectivity index (χ3n) is 1.94. The molecule has 1 aliphatic carbocycles. The van der Waals surface area contributed by atoms with Crippen LogP contribution >= 0.6 is 12.2 Å². The minimum atomic E-state index is 0.897. The van der Waals surface area contributed by atoms with Crippen molar-refractivity contribution in [1.29, 1.82) is 0 Å². The third-order valence-corrected chi connectivity index (χ3v) is 2.07. The first-order valence-corrected chi connectivity index (χ1v) is 3.88. The summed E-state index contributed by atoms with van der Waals surface area (Å²) in [7, 11) is 0. The van der Waals surface area contributed by atoms with Crippen LogP contribution in [-0.4, -0.2) is 11.7 Å². The molecule has 0 bridgehead atoms. The molecule has 0 aliphatic heterocycles. The highest BCUT2D eigenvalue weighted by Gasteiger charge is 2.15. The Kier molecular flexibility index (Phi) is 2.88. The van der Waals surface area contributed by atoms with Gasteiger partial charge in [0.15, 0.2) is 0 Å². The van der Waals surface area contributed by atoms with Gasteiger partial charge in [-0.05, 0) is 24.6 Å². The molecule has 0 aromatic rings. The lowest BCUT2D eigenvalue weighted by atomic mass is 9.83. The van der Waals surface area contributed by atoms with E-state index >= 15 is 0 Å². The maximum Gasteiger partial charge on any atom is 0.0584 e. The molecular formula is C7H11NS. The van der Waals surface area contributed by atoms with Crippen LogP contribution in [0.4, 0.5) is 0 Å². The maximum absolute atomic E-state index is 4.44. The molecule has 1 fully saturated rings. The number of thiocarbonyl (C=S) groups is 1. The van der Waals surface area contributed by atoms with Crippen molar-refractivity contribution in [2.45, 2.75) is 25.7 Å². The average molecular weight is 141 g/mol. The first-order chi connectivity index (χ1) is 4.43. The highest BCUT2D eigenvalue weighted by Crippen LogP contribution is 2.28. The van der Waals surface area contributed by atoms with Gasteiger partial charge in [-0.2, -0.15) is 0 Å². The number of aliphatic imine (C=N–C) groups is 1. The molecule has 0 aromatic heterocycles. The Morgan fingerprint density at radius 1 is 1.56 bits per heavy atom. The zero-order valence-electron chi connectivity index (χ0n) is 5.47. The number of hydrogen-bond donors (Lipinski definition) is 0. The fourth-order valence-electron chi connectivity index (χ4n) is 1.07. The van der Waals surface area contributed by atoms with E-state index in [1.165, 1.54) is 25.7 Å². The fourth-order valence-corrected chi connectivity index (χ4v) is 1.17. The van der Waals surface area contributed by atoms with Crippen LogP contribution in [0.2, 0.25) is 0 Å².